The first kappa shape index (κ1) is 24.2. The Morgan fingerprint density at radius 1 is 1.19 bits per heavy atom. The Hall–Kier alpha value is -4.94. The van der Waals surface area contributed by atoms with Gasteiger partial charge < -0.3 is 20.3 Å². The number of nitrogens with zero attached hydrogens (tertiary/aromatic N) is 6. The van der Waals surface area contributed by atoms with Crippen molar-refractivity contribution in [3.63, 3.8) is 0 Å². The van der Waals surface area contributed by atoms with E-state index in [0.29, 0.717) is 41.5 Å². The summed E-state index contributed by atoms with van der Waals surface area (Å²) in [6.07, 6.45) is 2.28. The van der Waals surface area contributed by atoms with E-state index < -0.39 is 5.91 Å². The molecule has 1 amide bonds. The summed E-state index contributed by atoms with van der Waals surface area (Å²) in [5.74, 6) is 0.427. The van der Waals surface area contributed by atoms with Crippen molar-refractivity contribution >= 4 is 17.9 Å². The Balaban J connectivity index is 1.62. The molecule has 0 spiro atoms. The average molecular weight is 492 g/mol. The molecule has 4 N–H and O–H groups in total. The number of carbonyl (C=O) groups excluding carboxylic acids is 1. The van der Waals surface area contributed by atoms with Crippen molar-refractivity contribution < 1.29 is 24.0 Å². The van der Waals surface area contributed by atoms with E-state index in [4.69, 9.17) is 15.2 Å². The third-order valence-corrected chi connectivity index (χ3v) is 4.85. The maximum Gasteiger partial charge on any atom is 0.294 e. The fraction of sp³-hybridized carbons (Fsp3) is 0.217. The third kappa shape index (κ3) is 5.24. The number of hydrogen-bond donors (Lipinski definition) is 3. The van der Waals surface area contributed by atoms with E-state index >= 15 is 0 Å². The van der Waals surface area contributed by atoms with Gasteiger partial charge in [-0.05, 0) is 71.7 Å². The number of carbonyl (C=O) groups is 1. The topological polar surface area (TPSA) is 176 Å². The van der Waals surface area contributed by atoms with Crippen LogP contribution >= 0.6 is 0 Å². The molecule has 0 fully saturated rings. The molecule has 0 aliphatic rings. The number of anilines is 1. The van der Waals surface area contributed by atoms with Crippen molar-refractivity contribution in [2.24, 2.45) is 5.10 Å². The Labute approximate surface area is 205 Å². The molecule has 36 heavy (non-hydrogen) atoms. The number of phenolic OH excluding ortho intramolecular Hbond substituents is 1. The summed E-state index contributed by atoms with van der Waals surface area (Å²) >= 11 is 0. The summed E-state index contributed by atoms with van der Waals surface area (Å²) in [4.78, 5) is 13.0. The van der Waals surface area contributed by atoms with Crippen molar-refractivity contribution in [2.75, 3.05) is 18.9 Å². The van der Waals surface area contributed by atoms with Gasteiger partial charge in [0.2, 0.25) is 11.6 Å². The van der Waals surface area contributed by atoms with Crippen LogP contribution in [0, 0.1) is 0 Å². The van der Waals surface area contributed by atoms with E-state index in [9.17, 15) is 9.90 Å². The monoisotopic (exact) mass is 492 g/mol. The molecule has 0 unspecified atom stereocenters. The number of benzene rings is 2. The summed E-state index contributed by atoms with van der Waals surface area (Å²) in [6, 6.07) is 11.8. The number of amides is 1. The van der Waals surface area contributed by atoms with Gasteiger partial charge in [-0.2, -0.15) is 9.78 Å². The van der Waals surface area contributed by atoms with Gasteiger partial charge in [0.05, 0.1) is 19.4 Å². The molecular formula is C23H24N8O5. The van der Waals surface area contributed by atoms with E-state index in [1.165, 1.54) is 17.0 Å². The summed E-state index contributed by atoms with van der Waals surface area (Å²) in [6.45, 7) is 4.79. The quantitative estimate of drug-likeness (QED) is 0.220. The number of hydrazone groups is 1. The van der Waals surface area contributed by atoms with Crippen molar-refractivity contribution in [1.29, 1.82) is 0 Å². The van der Waals surface area contributed by atoms with E-state index in [0.717, 1.165) is 6.42 Å². The zero-order valence-electron chi connectivity index (χ0n) is 19.6. The van der Waals surface area contributed by atoms with E-state index in [2.05, 4.69) is 35.8 Å². The van der Waals surface area contributed by atoms with Crippen molar-refractivity contribution in [2.45, 2.75) is 20.3 Å². The van der Waals surface area contributed by atoms with Crippen LogP contribution in [0.1, 0.15) is 36.3 Å². The Morgan fingerprint density at radius 3 is 2.69 bits per heavy atom. The number of phenols is 1. The third-order valence-electron chi connectivity index (χ3n) is 4.85. The minimum atomic E-state index is -0.627. The molecule has 2 aromatic carbocycles. The Bertz CT molecular complexity index is 1360. The van der Waals surface area contributed by atoms with Crippen LogP contribution < -0.4 is 20.6 Å². The maximum absolute atomic E-state index is 13.0. The molecule has 13 nitrogen and oxygen atoms in total. The van der Waals surface area contributed by atoms with Crippen LogP contribution in [0.15, 0.2) is 52.2 Å². The Kier molecular flexibility index (Phi) is 7.39. The lowest BCUT2D eigenvalue weighted by atomic mass is 10.1. The maximum atomic E-state index is 13.0. The van der Waals surface area contributed by atoms with Gasteiger partial charge in [0.15, 0.2) is 17.2 Å². The molecule has 0 saturated heterocycles. The van der Waals surface area contributed by atoms with Crippen molar-refractivity contribution in [1.82, 2.24) is 30.7 Å². The number of aromatic nitrogens is 5. The normalized spacial score (nSPS) is 11.1. The molecule has 0 bridgehead atoms. The molecule has 0 aliphatic heterocycles. The van der Waals surface area contributed by atoms with Crippen molar-refractivity contribution in [3.8, 4) is 34.3 Å². The van der Waals surface area contributed by atoms with Crippen LogP contribution in [0.5, 0.6) is 17.2 Å². The highest BCUT2D eigenvalue weighted by atomic mass is 16.6. The van der Waals surface area contributed by atoms with Gasteiger partial charge in [0.1, 0.15) is 11.4 Å². The number of aromatic hydroxyl groups is 1. The fourth-order valence-electron chi connectivity index (χ4n) is 3.21. The molecule has 2 aromatic heterocycles. The number of nitrogens with two attached hydrogens (primary N) is 1. The molecule has 4 aromatic rings. The van der Waals surface area contributed by atoms with Crippen LogP contribution in [0.25, 0.3) is 17.1 Å². The lowest BCUT2D eigenvalue weighted by Gasteiger charge is -2.08. The summed E-state index contributed by atoms with van der Waals surface area (Å²) in [7, 11) is 0. The second-order valence-corrected chi connectivity index (χ2v) is 7.40. The molecule has 0 saturated carbocycles. The Morgan fingerprint density at radius 2 is 2.00 bits per heavy atom. The lowest BCUT2D eigenvalue weighted by molar-refractivity contribution is 0.0950. The van der Waals surface area contributed by atoms with Gasteiger partial charge in [-0.15, -0.1) is 5.10 Å². The zero-order valence-corrected chi connectivity index (χ0v) is 19.6. The van der Waals surface area contributed by atoms with Crippen LogP contribution in [-0.2, 0) is 0 Å². The second kappa shape index (κ2) is 11.0. The molecule has 0 atom stereocenters. The molecule has 2 heterocycles. The van der Waals surface area contributed by atoms with Gasteiger partial charge in [-0.1, -0.05) is 12.1 Å². The highest BCUT2D eigenvalue weighted by Gasteiger charge is 2.25. The highest BCUT2D eigenvalue weighted by molar-refractivity contribution is 5.98. The molecule has 13 heteroatoms. The second-order valence-electron chi connectivity index (χ2n) is 7.40. The van der Waals surface area contributed by atoms with E-state index in [-0.39, 0.29) is 23.1 Å². The highest BCUT2D eigenvalue weighted by Crippen LogP contribution is 2.28. The standard InChI is InChI=1S/C23H24N8O5/c1-3-11-35-16-8-6-15(7-9-16)20-19(26-30-31(20)22-21(24)28-36-29-22)23(33)27-25-13-14-5-10-17(32)18(12-14)34-4-2/h5-10,12-13,32H,3-4,11H2,1-2H3,(H2,24,28)(H,27,33)/b25-13+. The van der Waals surface area contributed by atoms with Gasteiger partial charge in [-0.3, -0.25) is 4.79 Å². The number of hydrogen-bond acceptors (Lipinski definition) is 11. The largest absolute Gasteiger partial charge is 0.504 e. The number of rotatable bonds is 10. The van der Waals surface area contributed by atoms with Gasteiger partial charge in [0.25, 0.3) is 5.91 Å². The summed E-state index contributed by atoms with van der Waals surface area (Å²) in [5, 5.41) is 29.2. The predicted molar refractivity (Wildman–Crippen MR) is 129 cm³/mol. The lowest BCUT2D eigenvalue weighted by Crippen LogP contribution is -2.19. The van der Waals surface area contributed by atoms with Gasteiger partial charge >= 0.3 is 0 Å². The molecular weight excluding hydrogens is 468 g/mol. The van der Waals surface area contributed by atoms with E-state index in [1.807, 2.05) is 6.92 Å². The molecule has 0 aliphatic carbocycles. The summed E-state index contributed by atoms with van der Waals surface area (Å²) in [5.41, 5.74) is 9.75. The first-order chi connectivity index (χ1) is 17.5. The van der Waals surface area contributed by atoms with Crippen LogP contribution in [0.3, 0.4) is 0 Å². The predicted octanol–water partition coefficient (Wildman–Crippen LogP) is 2.56. The minimum absolute atomic E-state index is 0.00650. The van der Waals surface area contributed by atoms with Crippen LogP contribution in [0.4, 0.5) is 5.82 Å². The molecule has 186 valence electrons. The van der Waals surface area contributed by atoms with Crippen LogP contribution in [0.2, 0.25) is 0 Å². The first-order valence-corrected chi connectivity index (χ1v) is 11.1. The van der Waals surface area contributed by atoms with E-state index in [1.54, 1.807) is 43.3 Å². The van der Waals surface area contributed by atoms with Crippen LogP contribution in [-0.4, -0.2) is 55.7 Å². The number of ether oxygens (including phenoxy) is 2. The van der Waals surface area contributed by atoms with Crippen molar-refractivity contribution in [3.05, 3.63) is 53.7 Å². The van der Waals surface area contributed by atoms with Gasteiger partial charge in [-0.25, -0.2) is 10.1 Å². The number of nitrogens with one attached hydrogen (secondary N) is 1. The molecule has 4 rings (SSSR count). The van der Waals surface area contributed by atoms with Gasteiger partial charge in [0, 0.05) is 5.56 Å². The summed E-state index contributed by atoms with van der Waals surface area (Å²) < 4.78 is 16.9. The smallest absolute Gasteiger partial charge is 0.294 e. The SMILES string of the molecule is CCCOc1ccc(-c2c(C(=O)N/N=C/c3ccc(O)c(OCC)c3)nnn2-c2nonc2N)cc1. The number of nitrogen functional groups attached to an aromatic ring is 1. The average Bonchev–Trinajstić information content (AvgIpc) is 3.51. The molecule has 0 radical (unpaired) electrons. The zero-order chi connectivity index (χ0) is 25.5. The minimum Gasteiger partial charge on any atom is -0.504 e. The fourth-order valence-corrected chi connectivity index (χ4v) is 3.21. The first-order valence-electron chi connectivity index (χ1n) is 11.1.